The number of aromatic nitrogens is 1. The Bertz CT molecular complexity index is 954. The van der Waals surface area contributed by atoms with Gasteiger partial charge in [0.15, 0.2) is 0 Å². The quantitative estimate of drug-likeness (QED) is 0.450. The third-order valence-electron chi connectivity index (χ3n) is 4.13. The van der Waals surface area contributed by atoms with Gasteiger partial charge >= 0.3 is 0 Å². The van der Waals surface area contributed by atoms with Gasteiger partial charge < -0.3 is 0 Å². The predicted octanol–water partition coefficient (Wildman–Crippen LogP) is 5.88. The molecule has 0 aliphatic carbocycles. The molecule has 0 N–H and O–H groups in total. The number of fused-ring (bicyclic) bond motifs is 1. The van der Waals surface area contributed by atoms with Crippen molar-refractivity contribution in [2.45, 2.75) is 6.92 Å². The summed E-state index contributed by atoms with van der Waals surface area (Å²) in [6.07, 6.45) is 0. The van der Waals surface area contributed by atoms with Crippen LogP contribution in [0.15, 0.2) is 84.9 Å². The van der Waals surface area contributed by atoms with Crippen molar-refractivity contribution < 1.29 is 0 Å². The van der Waals surface area contributed by atoms with E-state index >= 15 is 0 Å². The highest BCUT2D eigenvalue weighted by atomic mass is 14.7. The number of hydrogen-bond acceptors (Lipinski definition) is 1. The minimum atomic E-state index is 1.03. The summed E-state index contributed by atoms with van der Waals surface area (Å²) in [5, 5.41) is 1.17. The summed E-state index contributed by atoms with van der Waals surface area (Å²) in [5.74, 6) is 0. The summed E-state index contributed by atoms with van der Waals surface area (Å²) in [6.45, 7) is 2.11. The second kappa shape index (κ2) is 5.69. The maximum atomic E-state index is 4.95. The highest BCUT2D eigenvalue weighted by Crippen LogP contribution is 2.33. The summed E-state index contributed by atoms with van der Waals surface area (Å²) in [4.78, 5) is 4.95. The molecule has 1 heteroatoms. The van der Waals surface area contributed by atoms with E-state index in [0.29, 0.717) is 0 Å². The lowest BCUT2D eigenvalue weighted by Gasteiger charge is -2.12. The Balaban J connectivity index is 2.02. The normalized spacial score (nSPS) is 10.8. The molecule has 4 aromatic rings. The molecule has 0 aliphatic heterocycles. The Morgan fingerprint density at radius 1 is 0.652 bits per heavy atom. The molecule has 1 nitrogen and oxygen atoms in total. The summed E-state index contributed by atoms with van der Waals surface area (Å²) in [5.41, 5.74) is 6.85. The number of aryl methyl sites for hydroxylation is 1. The number of benzene rings is 3. The fraction of sp³-hybridized carbons (Fsp3) is 0.0455. The van der Waals surface area contributed by atoms with Crippen LogP contribution in [0.2, 0.25) is 0 Å². The smallest absolute Gasteiger partial charge is 0.0788 e. The Morgan fingerprint density at radius 3 is 2.13 bits per heavy atom. The van der Waals surface area contributed by atoms with Crippen molar-refractivity contribution in [3.8, 4) is 22.4 Å². The van der Waals surface area contributed by atoms with Crippen molar-refractivity contribution in [2.24, 2.45) is 0 Å². The molecule has 4 rings (SSSR count). The fourth-order valence-electron chi connectivity index (χ4n) is 2.89. The number of rotatable bonds is 2. The van der Waals surface area contributed by atoms with Gasteiger partial charge in [-0.15, -0.1) is 0 Å². The van der Waals surface area contributed by atoms with Crippen LogP contribution in [-0.4, -0.2) is 4.98 Å². The standard InChI is InChI=1S/C22H17N/c1-16-11-13-18(14-12-16)22-20(17-7-3-2-4-8-17)15-19-9-5-6-10-21(19)23-22/h2-15H,1H3. The summed E-state index contributed by atoms with van der Waals surface area (Å²) >= 11 is 0. The minimum absolute atomic E-state index is 1.03. The first-order valence-electron chi connectivity index (χ1n) is 7.83. The molecule has 0 bridgehead atoms. The van der Waals surface area contributed by atoms with Gasteiger partial charge in [0.1, 0.15) is 0 Å². The van der Waals surface area contributed by atoms with E-state index in [4.69, 9.17) is 4.98 Å². The Hall–Kier alpha value is -2.93. The maximum absolute atomic E-state index is 4.95. The fourth-order valence-corrected chi connectivity index (χ4v) is 2.89. The van der Waals surface area contributed by atoms with Gasteiger partial charge in [0.2, 0.25) is 0 Å². The molecular weight excluding hydrogens is 278 g/mol. The van der Waals surface area contributed by atoms with Crippen molar-refractivity contribution in [1.29, 1.82) is 0 Å². The lowest BCUT2D eigenvalue weighted by atomic mass is 9.97. The van der Waals surface area contributed by atoms with Gasteiger partial charge in [-0.1, -0.05) is 78.4 Å². The molecule has 0 unspecified atom stereocenters. The van der Waals surface area contributed by atoms with E-state index < -0.39 is 0 Å². The molecule has 23 heavy (non-hydrogen) atoms. The third-order valence-corrected chi connectivity index (χ3v) is 4.13. The molecule has 0 aliphatic rings. The monoisotopic (exact) mass is 295 g/mol. The Morgan fingerprint density at radius 2 is 1.35 bits per heavy atom. The predicted molar refractivity (Wildman–Crippen MR) is 97.4 cm³/mol. The minimum Gasteiger partial charge on any atom is -0.247 e. The zero-order valence-electron chi connectivity index (χ0n) is 13.0. The molecule has 1 aromatic heterocycles. The van der Waals surface area contributed by atoms with Crippen LogP contribution in [0.3, 0.4) is 0 Å². The van der Waals surface area contributed by atoms with Crippen molar-refractivity contribution >= 4 is 10.9 Å². The van der Waals surface area contributed by atoms with Crippen LogP contribution in [0, 0.1) is 6.92 Å². The van der Waals surface area contributed by atoms with Crippen molar-refractivity contribution in [1.82, 2.24) is 4.98 Å². The zero-order chi connectivity index (χ0) is 15.6. The summed E-state index contributed by atoms with van der Waals surface area (Å²) in [6, 6.07) is 29.6. The van der Waals surface area contributed by atoms with E-state index in [9.17, 15) is 0 Å². The topological polar surface area (TPSA) is 12.9 Å². The van der Waals surface area contributed by atoms with Gasteiger partial charge in [-0.3, -0.25) is 0 Å². The zero-order valence-corrected chi connectivity index (χ0v) is 13.0. The van der Waals surface area contributed by atoms with E-state index in [1.165, 1.54) is 22.1 Å². The van der Waals surface area contributed by atoms with Crippen LogP contribution < -0.4 is 0 Å². The molecule has 0 atom stereocenters. The second-order valence-corrected chi connectivity index (χ2v) is 5.81. The number of nitrogens with zero attached hydrogens (tertiary/aromatic N) is 1. The van der Waals surface area contributed by atoms with Gasteiger partial charge in [0, 0.05) is 16.5 Å². The second-order valence-electron chi connectivity index (χ2n) is 5.81. The van der Waals surface area contributed by atoms with E-state index in [1.807, 2.05) is 12.1 Å². The first kappa shape index (κ1) is 13.7. The molecule has 1 heterocycles. The van der Waals surface area contributed by atoms with Crippen molar-refractivity contribution in [3.63, 3.8) is 0 Å². The molecule has 0 spiro atoms. The first-order valence-corrected chi connectivity index (χ1v) is 7.83. The van der Waals surface area contributed by atoms with Crippen molar-refractivity contribution in [2.75, 3.05) is 0 Å². The lowest BCUT2D eigenvalue weighted by molar-refractivity contribution is 1.38. The molecule has 0 saturated carbocycles. The molecule has 110 valence electrons. The SMILES string of the molecule is Cc1ccc(-c2nc3ccccc3cc2-c2ccccc2)cc1. The summed E-state index contributed by atoms with van der Waals surface area (Å²) < 4.78 is 0. The Kier molecular flexibility index (Phi) is 3.39. The van der Waals surface area contributed by atoms with Gasteiger partial charge in [-0.05, 0) is 24.6 Å². The largest absolute Gasteiger partial charge is 0.247 e. The summed E-state index contributed by atoms with van der Waals surface area (Å²) in [7, 11) is 0. The van der Waals surface area contributed by atoms with E-state index in [-0.39, 0.29) is 0 Å². The maximum Gasteiger partial charge on any atom is 0.0788 e. The van der Waals surface area contributed by atoms with E-state index in [2.05, 4.69) is 79.7 Å². The van der Waals surface area contributed by atoms with E-state index in [0.717, 1.165) is 16.8 Å². The van der Waals surface area contributed by atoms with Gasteiger partial charge in [0.05, 0.1) is 11.2 Å². The van der Waals surface area contributed by atoms with Crippen LogP contribution in [0.1, 0.15) is 5.56 Å². The van der Waals surface area contributed by atoms with Crippen molar-refractivity contribution in [3.05, 3.63) is 90.5 Å². The number of para-hydroxylation sites is 1. The lowest BCUT2D eigenvalue weighted by Crippen LogP contribution is -1.91. The van der Waals surface area contributed by atoms with Crippen LogP contribution in [0.4, 0.5) is 0 Å². The van der Waals surface area contributed by atoms with Crippen LogP contribution in [-0.2, 0) is 0 Å². The molecule has 0 radical (unpaired) electrons. The van der Waals surface area contributed by atoms with Gasteiger partial charge in [0.25, 0.3) is 0 Å². The van der Waals surface area contributed by atoms with E-state index in [1.54, 1.807) is 0 Å². The molecule has 0 amide bonds. The molecule has 0 fully saturated rings. The highest BCUT2D eigenvalue weighted by molar-refractivity contribution is 5.91. The average molecular weight is 295 g/mol. The van der Waals surface area contributed by atoms with Gasteiger partial charge in [-0.25, -0.2) is 4.98 Å². The molecule has 0 saturated heterocycles. The highest BCUT2D eigenvalue weighted by Gasteiger charge is 2.11. The molecule has 3 aromatic carbocycles. The van der Waals surface area contributed by atoms with Crippen LogP contribution >= 0.6 is 0 Å². The Labute approximate surface area is 136 Å². The van der Waals surface area contributed by atoms with Gasteiger partial charge in [-0.2, -0.15) is 0 Å². The number of pyridine rings is 1. The van der Waals surface area contributed by atoms with Crippen LogP contribution in [0.5, 0.6) is 0 Å². The average Bonchev–Trinajstić information content (AvgIpc) is 2.62. The number of hydrogen-bond donors (Lipinski definition) is 0. The van der Waals surface area contributed by atoms with Crippen LogP contribution in [0.25, 0.3) is 33.3 Å². The third kappa shape index (κ3) is 2.62. The first-order chi connectivity index (χ1) is 11.3. The molecular formula is C22H17N.